The number of rotatable bonds is 13. The maximum Gasteiger partial charge on any atom is 0.393 e. The molecule has 0 unspecified atom stereocenters. The molecule has 0 amide bonds. The number of ether oxygens (including phenoxy) is 3. The minimum atomic E-state index is -4.51. The highest BCUT2D eigenvalue weighted by atomic mass is 127. The molecule has 3 rings (SSSR count). The third-order valence-electron chi connectivity index (χ3n) is 5.92. The third-order valence-corrected chi connectivity index (χ3v) is 10.1. The Bertz CT molecular complexity index is 1270. The first-order chi connectivity index (χ1) is 18.0. The predicted molar refractivity (Wildman–Crippen MR) is 159 cm³/mol. The van der Waals surface area contributed by atoms with Gasteiger partial charge in [-0.25, -0.2) is 9.07 Å². The van der Waals surface area contributed by atoms with Crippen molar-refractivity contribution >= 4 is 49.6 Å². The van der Waals surface area contributed by atoms with Gasteiger partial charge in [-0.3, -0.25) is 4.98 Å². The van der Waals surface area contributed by atoms with Gasteiger partial charge >= 0.3 is 6.18 Å². The van der Waals surface area contributed by atoms with Crippen LogP contribution in [0.15, 0.2) is 24.4 Å². The first-order valence-corrected chi connectivity index (χ1v) is 21.2. The summed E-state index contributed by atoms with van der Waals surface area (Å²) >= 11 is 2.08. The van der Waals surface area contributed by atoms with Crippen molar-refractivity contribution in [1.29, 1.82) is 0 Å². The SMILES string of the molecule is C[Si](C)(C)CCOCOc1cc(CC(F)(F)F)c(-c2cc3c(cn2)c(I)nn3COCC[Si](C)(C)C)cc1F. The molecule has 0 aliphatic rings. The highest BCUT2D eigenvalue weighted by molar-refractivity contribution is 14.1. The number of halogens is 5. The zero-order valence-electron chi connectivity index (χ0n) is 23.2. The third kappa shape index (κ3) is 10.1. The van der Waals surface area contributed by atoms with E-state index in [-0.39, 0.29) is 36.1 Å². The van der Waals surface area contributed by atoms with Crippen LogP contribution in [0.1, 0.15) is 5.56 Å². The van der Waals surface area contributed by atoms with Crippen molar-refractivity contribution in [3.8, 4) is 17.0 Å². The van der Waals surface area contributed by atoms with Gasteiger partial charge in [0, 0.05) is 41.1 Å². The first kappa shape index (κ1) is 32.0. The summed E-state index contributed by atoms with van der Waals surface area (Å²) in [6.45, 7) is 14.4. The molecule has 0 aliphatic carbocycles. The molecule has 6 nitrogen and oxygen atoms in total. The van der Waals surface area contributed by atoms with Crippen molar-refractivity contribution in [2.24, 2.45) is 0 Å². The molecule has 13 heteroatoms. The molecule has 216 valence electrons. The van der Waals surface area contributed by atoms with Crippen molar-refractivity contribution in [3.05, 3.63) is 39.5 Å². The molecule has 0 bridgehead atoms. The molecule has 0 fully saturated rings. The summed E-state index contributed by atoms with van der Waals surface area (Å²) in [5.74, 6) is -1.08. The van der Waals surface area contributed by atoms with Crippen molar-refractivity contribution < 1.29 is 31.8 Å². The fraction of sp³-hybridized carbons (Fsp3) is 0.538. The van der Waals surface area contributed by atoms with Crippen molar-refractivity contribution in [2.45, 2.75) is 70.7 Å². The Morgan fingerprint density at radius 1 is 0.949 bits per heavy atom. The van der Waals surface area contributed by atoms with Gasteiger partial charge < -0.3 is 14.2 Å². The van der Waals surface area contributed by atoms with Crippen LogP contribution in [0, 0.1) is 9.52 Å². The molecule has 3 aromatic rings. The van der Waals surface area contributed by atoms with Gasteiger partial charge in [0.05, 0.1) is 23.0 Å². The topological polar surface area (TPSA) is 58.4 Å². The molecular formula is C26H36F4IN3O3Si2. The second-order valence-electron chi connectivity index (χ2n) is 11.9. The molecule has 0 saturated carbocycles. The van der Waals surface area contributed by atoms with Crippen molar-refractivity contribution in [3.63, 3.8) is 0 Å². The Labute approximate surface area is 242 Å². The Morgan fingerprint density at radius 2 is 1.59 bits per heavy atom. The van der Waals surface area contributed by atoms with E-state index >= 15 is 4.39 Å². The monoisotopic (exact) mass is 697 g/mol. The number of hydrogen-bond acceptors (Lipinski definition) is 5. The summed E-state index contributed by atoms with van der Waals surface area (Å²) in [7, 11) is -2.58. The van der Waals surface area contributed by atoms with E-state index in [1.165, 1.54) is 0 Å². The number of aromatic nitrogens is 3. The lowest BCUT2D eigenvalue weighted by Gasteiger charge is -2.17. The highest BCUT2D eigenvalue weighted by Gasteiger charge is 2.30. The lowest BCUT2D eigenvalue weighted by atomic mass is 10.00. The molecule has 0 saturated heterocycles. The summed E-state index contributed by atoms with van der Waals surface area (Å²) in [5.41, 5.74) is 0.756. The highest BCUT2D eigenvalue weighted by Crippen LogP contribution is 2.35. The van der Waals surface area contributed by atoms with E-state index in [0.29, 0.717) is 22.4 Å². The molecule has 2 heterocycles. The van der Waals surface area contributed by atoms with Gasteiger partial charge in [0.2, 0.25) is 0 Å². The summed E-state index contributed by atoms with van der Waals surface area (Å²) in [4.78, 5) is 4.36. The summed E-state index contributed by atoms with van der Waals surface area (Å²) < 4.78 is 74.5. The molecule has 39 heavy (non-hydrogen) atoms. The smallest absolute Gasteiger partial charge is 0.393 e. The maximum atomic E-state index is 15.0. The zero-order valence-corrected chi connectivity index (χ0v) is 27.4. The largest absolute Gasteiger partial charge is 0.464 e. The fourth-order valence-electron chi connectivity index (χ4n) is 3.66. The Balaban J connectivity index is 1.88. The van der Waals surface area contributed by atoms with E-state index in [9.17, 15) is 13.2 Å². The maximum absolute atomic E-state index is 15.0. The zero-order chi connectivity index (χ0) is 29.0. The Morgan fingerprint density at radius 3 is 2.21 bits per heavy atom. The number of fused-ring (bicyclic) bond motifs is 1. The molecular weight excluding hydrogens is 661 g/mol. The quantitative estimate of drug-likeness (QED) is 0.0597. The van der Waals surface area contributed by atoms with Crippen molar-refractivity contribution in [1.82, 2.24) is 14.8 Å². The van der Waals surface area contributed by atoms with E-state index < -0.39 is 34.6 Å². The lowest BCUT2D eigenvalue weighted by Crippen LogP contribution is -2.22. The average Bonchev–Trinajstić information content (AvgIpc) is 3.10. The van der Waals surface area contributed by atoms with Crippen LogP contribution in [0.3, 0.4) is 0 Å². The average molecular weight is 698 g/mol. The lowest BCUT2D eigenvalue weighted by molar-refractivity contribution is -0.127. The van der Waals surface area contributed by atoms with E-state index in [4.69, 9.17) is 14.2 Å². The van der Waals surface area contributed by atoms with Crippen LogP contribution < -0.4 is 4.74 Å². The van der Waals surface area contributed by atoms with Gasteiger partial charge in [0.1, 0.15) is 10.4 Å². The van der Waals surface area contributed by atoms with Crippen LogP contribution >= 0.6 is 22.6 Å². The molecule has 0 aliphatic heterocycles. The number of hydrogen-bond donors (Lipinski definition) is 0. The van der Waals surface area contributed by atoms with Gasteiger partial charge in [-0.15, -0.1) is 0 Å². The van der Waals surface area contributed by atoms with Gasteiger partial charge in [-0.05, 0) is 58.4 Å². The number of pyridine rings is 1. The van der Waals surface area contributed by atoms with E-state index in [2.05, 4.69) is 72.0 Å². The number of nitrogens with zero attached hydrogens (tertiary/aromatic N) is 3. The normalized spacial score (nSPS) is 12.9. The minimum Gasteiger partial charge on any atom is -0.464 e. The number of alkyl halides is 3. The first-order valence-electron chi connectivity index (χ1n) is 12.7. The summed E-state index contributed by atoms with van der Waals surface area (Å²) in [6, 6.07) is 5.65. The Kier molecular flexibility index (Phi) is 10.6. The second-order valence-corrected chi connectivity index (χ2v) is 24.2. The molecule has 0 spiro atoms. The van der Waals surface area contributed by atoms with E-state index in [0.717, 1.165) is 29.6 Å². The van der Waals surface area contributed by atoms with E-state index in [1.807, 2.05) is 0 Å². The molecule has 0 radical (unpaired) electrons. The van der Waals surface area contributed by atoms with Crippen molar-refractivity contribution in [2.75, 3.05) is 20.0 Å². The fourth-order valence-corrected chi connectivity index (χ4v) is 5.84. The molecule has 0 N–H and O–H groups in total. The minimum absolute atomic E-state index is 0.0427. The van der Waals surface area contributed by atoms with Crippen LogP contribution in [0.2, 0.25) is 51.4 Å². The number of benzene rings is 1. The van der Waals surface area contributed by atoms with Gasteiger partial charge in [-0.1, -0.05) is 39.3 Å². The van der Waals surface area contributed by atoms with Gasteiger partial charge in [-0.2, -0.15) is 18.3 Å². The van der Waals surface area contributed by atoms with Gasteiger partial charge in [0.15, 0.2) is 18.4 Å². The Hall–Kier alpha value is -1.56. The molecule has 2 aromatic heterocycles. The van der Waals surface area contributed by atoms with Crippen LogP contribution in [0.5, 0.6) is 5.75 Å². The van der Waals surface area contributed by atoms with Crippen LogP contribution in [0.4, 0.5) is 17.6 Å². The molecule has 1 aromatic carbocycles. The predicted octanol–water partition coefficient (Wildman–Crippen LogP) is 7.95. The second kappa shape index (κ2) is 13.0. The van der Waals surface area contributed by atoms with E-state index in [1.54, 1.807) is 16.9 Å². The summed E-state index contributed by atoms with van der Waals surface area (Å²) in [6.07, 6.45) is -4.22. The van der Waals surface area contributed by atoms with Crippen LogP contribution in [0.25, 0.3) is 22.2 Å². The standard InChI is InChI=1S/C26H36F4IN3O3Si2/c1-38(2,3)9-7-35-16-34-23-13-22(32-15-20(23)25(31)33-34)19-12-21(27)24(11-18(19)14-26(28,29)30)37-17-36-8-10-39(4,5)6/h11-13,15H,7-10,14,16-17H2,1-6H3. The summed E-state index contributed by atoms with van der Waals surface area (Å²) in [5, 5.41) is 5.24. The van der Waals surface area contributed by atoms with Crippen LogP contribution in [-0.4, -0.2) is 57.1 Å². The molecule has 0 atom stereocenters. The van der Waals surface area contributed by atoms with Crippen LogP contribution in [-0.2, 0) is 22.6 Å². The van der Waals surface area contributed by atoms with Gasteiger partial charge in [0.25, 0.3) is 0 Å².